The van der Waals surface area contributed by atoms with Crippen LogP contribution >= 0.6 is 0 Å². The predicted molar refractivity (Wildman–Crippen MR) is 131 cm³/mol. The Labute approximate surface area is 192 Å². The van der Waals surface area contributed by atoms with Crippen molar-refractivity contribution in [2.24, 2.45) is 0 Å². The van der Waals surface area contributed by atoms with Crippen molar-refractivity contribution < 1.29 is 14.2 Å². The minimum Gasteiger partial charge on any atom is -0.497 e. The fraction of sp³-hybridized carbons (Fsp3) is 0.120. The van der Waals surface area contributed by atoms with Gasteiger partial charge in [-0.3, -0.25) is 4.90 Å². The van der Waals surface area contributed by atoms with Crippen LogP contribution in [0.1, 0.15) is 0 Å². The number of aromatic nitrogens is 2. The third kappa shape index (κ3) is 5.07. The molecule has 0 aliphatic carbocycles. The summed E-state index contributed by atoms with van der Waals surface area (Å²) >= 11 is 0. The third-order valence-corrected chi connectivity index (χ3v) is 4.96. The van der Waals surface area contributed by atoms with E-state index in [2.05, 4.69) is 10.3 Å². The number of nitrogen functional groups attached to an aromatic ring is 1. The molecule has 0 aliphatic rings. The molecule has 0 spiro atoms. The number of rotatable bonds is 8. The van der Waals surface area contributed by atoms with Gasteiger partial charge in [0.25, 0.3) is 0 Å². The van der Waals surface area contributed by atoms with Gasteiger partial charge < -0.3 is 25.3 Å². The van der Waals surface area contributed by atoms with Gasteiger partial charge in [-0.05, 0) is 72.8 Å². The van der Waals surface area contributed by atoms with E-state index in [1.54, 1.807) is 27.4 Å². The van der Waals surface area contributed by atoms with E-state index in [1.807, 2.05) is 77.7 Å². The fourth-order valence-corrected chi connectivity index (χ4v) is 3.28. The second-order valence-electron chi connectivity index (χ2n) is 7.06. The monoisotopic (exact) mass is 443 g/mol. The Hall–Kier alpha value is -4.46. The zero-order valence-corrected chi connectivity index (χ0v) is 18.6. The van der Waals surface area contributed by atoms with Gasteiger partial charge in [0.05, 0.1) is 21.3 Å². The second-order valence-corrected chi connectivity index (χ2v) is 7.06. The molecule has 0 fully saturated rings. The van der Waals surface area contributed by atoms with Gasteiger partial charge in [-0.2, -0.15) is 9.97 Å². The van der Waals surface area contributed by atoms with Crippen LogP contribution in [0, 0.1) is 0 Å². The lowest BCUT2D eigenvalue weighted by molar-refractivity contribution is 0.414. The number of nitrogens with one attached hydrogen (secondary N) is 1. The highest BCUT2D eigenvalue weighted by molar-refractivity contribution is 5.75. The molecule has 168 valence electrons. The Morgan fingerprint density at radius 3 is 1.58 bits per heavy atom. The topological polar surface area (TPSA) is 94.8 Å². The largest absolute Gasteiger partial charge is 0.497 e. The summed E-state index contributed by atoms with van der Waals surface area (Å²) in [5, 5.41) is 3.28. The highest BCUT2D eigenvalue weighted by Crippen LogP contribution is 2.35. The normalized spacial score (nSPS) is 10.4. The van der Waals surface area contributed by atoms with Crippen LogP contribution in [0.4, 0.5) is 34.6 Å². The van der Waals surface area contributed by atoms with Crippen molar-refractivity contribution >= 4 is 34.6 Å². The number of nitrogens with two attached hydrogens (primary N) is 1. The summed E-state index contributed by atoms with van der Waals surface area (Å²) in [4.78, 5) is 11.2. The standard InChI is InChI=1S/C25H25N5O3/c1-31-20-10-4-17(5-11-20)27-24-16-23(26)28-25(29-24)30(18-6-12-21(32-2)13-7-18)19-8-14-22(33-3)15-9-19/h4-16H,1-3H3,(H3,26,27,28,29). The number of ether oxygens (including phenoxy) is 3. The molecule has 0 atom stereocenters. The molecular weight excluding hydrogens is 418 g/mol. The molecule has 0 saturated carbocycles. The van der Waals surface area contributed by atoms with E-state index < -0.39 is 0 Å². The van der Waals surface area contributed by atoms with E-state index in [0.29, 0.717) is 17.6 Å². The van der Waals surface area contributed by atoms with Crippen molar-refractivity contribution in [1.29, 1.82) is 0 Å². The summed E-state index contributed by atoms with van der Waals surface area (Å²) in [6.07, 6.45) is 0. The SMILES string of the molecule is COc1ccc(Nc2cc(N)nc(N(c3ccc(OC)cc3)c3ccc(OC)cc3)n2)cc1. The molecule has 0 saturated heterocycles. The zero-order chi connectivity index (χ0) is 23.2. The maximum atomic E-state index is 6.17. The smallest absolute Gasteiger partial charge is 0.238 e. The Balaban J connectivity index is 1.74. The lowest BCUT2D eigenvalue weighted by Crippen LogP contribution is -2.15. The minimum atomic E-state index is 0.336. The van der Waals surface area contributed by atoms with Crippen LogP contribution in [0.2, 0.25) is 0 Å². The van der Waals surface area contributed by atoms with E-state index in [4.69, 9.17) is 24.9 Å². The molecule has 1 aromatic heterocycles. The van der Waals surface area contributed by atoms with Gasteiger partial charge in [0.1, 0.15) is 28.9 Å². The number of methoxy groups -OCH3 is 3. The lowest BCUT2D eigenvalue weighted by Gasteiger charge is -2.24. The van der Waals surface area contributed by atoms with Gasteiger partial charge in [0.2, 0.25) is 5.95 Å². The van der Waals surface area contributed by atoms with Crippen molar-refractivity contribution in [3.05, 3.63) is 78.9 Å². The van der Waals surface area contributed by atoms with Crippen molar-refractivity contribution in [2.75, 3.05) is 37.3 Å². The first kappa shape index (κ1) is 21.8. The maximum absolute atomic E-state index is 6.17. The van der Waals surface area contributed by atoms with Crippen LogP contribution in [0.3, 0.4) is 0 Å². The van der Waals surface area contributed by atoms with E-state index >= 15 is 0 Å². The van der Waals surface area contributed by atoms with E-state index in [1.165, 1.54) is 0 Å². The molecule has 0 unspecified atom stereocenters. The zero-order valence-electron chi connectivity index (χ0n) is 18.6. The van der Waals surface area contributed by atoms with E-state index in [-0.39, 0.29) is 0 Å². The molecule has 0 amide bonds. The van der Waals surface area contributed by atoms with Crippen LogP contribution < -0.4 is 30.2 Å². The van der Waals surface area contributed by atoms with E-state index in [0.717, 1.165) is 34.3 Å². The average Bonchev–Trinajstić information content (AvgIpc) is 2.85. The van der Waals surface area contributed by atoms with Crippen LogP contribution in [0.5, 0.6) is 17.2 Å². The predicted octanol–water partition coefficient (Wildman–Crippen LogP) is 5.30. The fourth-order valence-electron chi connectivity index (χ4n) is 3.28. The van der Waals surface area contributed by atoms with Crippen molar-refractivity contribution in [3.8, 4) is 17.2 Å². The van der Waals surface area contributed by atoms with E-state index in [9.17, 15) is 0 Å². The molecule has 8 nitrogen and oxygen atoms in total. The molecule has 4 aromatic rings. The van der Waals surface area contributed by atoms with Crippen LogP contribution in [-0.4, -0.2) is 31.3 Å². The van der Waals surface area contributed by atoms with Crippen molar-refractivity contribution in [1.82, 2.24) is 9.97 Å². The average molecular weight is 444 g/mol. The van der Waals surface area contributed by atoms with Gasteiger partial charge in [-0.15, -0.1) is 0 Å². The second kappa shape index (κ2) is 9.78. The minimum absolute atomic E-state index is 0.336. The van der Waals surface area contributed by atoms with Gasteiger partial charge in [0, 0.05) is 23.1 Å². The van der Waals surface area contributed by atoms with Gasteiger partial charge in [-0.25, -0.2) is 0 Å². The highest BCUT2D eigenvalue weighted by Gasteiger charge is 2.17. The number of anilines is 6. The lowest BCUT2D eigenvalue weighted by atomic mass is 10.2. The Morgan fingerprint density at radius 1 is 0.667 bits per heavy atom. The van der Waals surface area contributed by atoms with Gasteiger partial charge in [0.15, 0.2) is 0 Å². The Bertz CT molecular complexity index is 1150. The summed E-state index contributed by atoms with van der Waals surface area (Å²) in [5.41, 5.74) is 8.71. The van der Waals surface area contributed by atoms with Gasteiger partial charge >= 0.3 is 0 Å². The Kier molecular flexibility index (Phi) is 6.45. The molecule has 0 bridgehead atoms. The van der Waals surface area contributed by atoms with Crippen LogP contribution in [0.15, 0.2) is 78.9 Å². The molecule has 1 heterocycles. The van der Waals surface area contributed by atoms with Crippen molar-refractivity contribution in [3.63, 3.8) is 0 Å². The Morgan fingerprint density at radius 2 is 1.12 bits per heavy atom. The quantitative estimate of drug-likeness (QED) is 0.379. The first-order valence-electron chi connectivity index (χ1n) is 10.2. The maximum Gasteiger partial charge on any atom is 0.238 e. The molecule has 3 N–H and O–H groups in total. The molecule has 3 aromatic carbocycles. The number of hydrogen-bond acceptors (Lipinski definition) is 8. The molecule has 8 heteroatoms. The summed E-state index contributed by atoms with van der Waals surface area (Å²) in [5.74, 6) is 3.60. The molecule has 4 rings (SSSR count). The highest BCUT2D eigenvalue weighted by atomic mass is 16.5. The molecular formula is C25H25N5O3. The molecule has 0 radical (unpaired) electrons. The van der Waals surface area contributed by atoms with Crippen LogP contribution in [0.25, 0.3) is 0 Å². The summed E-state index contributed by atoms with van der Waals surface area (Å²) in [6.45, 7) is 0. The number of benzene rings is 3. The molecule has 0 aliphatic heterocycles. The summed E-state index contributed by atoms with van der Waals surface area (Å²) in [6, 6.07) is 24.5. The number of hydrogen-bond donors (Lipinski definition) is 2. The summed E-state index contributed by atoms with van der Waals surface area (Å²) in [7, 11) is 4.90. The first-order chi connectivity index (χ1) is 16.1. The van der Waals surface area contributed by atoms with Crippen LogP contribution in [-0.2, 0) is 0 Å². The first-order valence-corrected chi connectivity index (χ1v) is 10.2. The third-order valence-electron chi connectivity index (χ3n) is 4.96. The summed E-state index contributed by atoms with van der Waals surface area (Å²) < 4.78 is 15.8. The van der Waals surface area contributed by atoms with Crippen molar-refractivity contribution in [2.45, 2.75) is 0 Å². The molecule has 33 heavy (non-hydrogen) atoms. The van der Waals surface area contributed by atoms with Gasteiger partial charge in [-0.1, -0.05) is 0 Å². The number of nitrogens with zero attached hydrogens (tertiary/aromatic N) is 3.